The highest BCUT2D eigenvalue weighted by Crippen LogP contribution is 2.06. The zero-order valence-electron chi connectivity index (χ0n) is 9.29. The standard InChI is InChI=1S/C10H20N2O/c1-6-12(7-2)10(11(4)5)8-9(3)13/h8H,6-7H2,1-5H3/b10-8+. The molecule has 0 amide bonds. The number of ketones is 1. The summed E-state index contributed by atoms with van der Waals surface area (Å²) >= 11 is 0. The normalized spacial score (nSPS) is 11.3. The van der Waals surface area contributed by atoms with Crippen LogP contribution in [0.3, 0.4) is 0 Å². The first-order valence-electron chi connectivity index (χ1n) is 4.67. The average molecular weight is 184 g/mol. The summed E-state index contributed by atoms with van der Waals surface area (Å²) in [6.45, 7) is 7.59. The zero-order chi connectivity index (χ0) is 10.4. The number of carbonyl (C=O) groups is 1. The van der Waals surface area contributed by atoms with Gasteiger partial charge in [-0.25, -0.2) is 0 Å². The molecule has 0 fully saturated rings. The summed E-state index contributed by atoms with van der Waals surface area (Å²) in [5.41, 5.74) is 0. The van der Waals surface area contributed by atoms with E-state index in [1.165, 1.54) is 0 Å². The SMILES string of the molecule is CCN(CC)/C(=C/C(C)=O)N(C)C. The number of rotatable bonds is 5. The van der Waals surface area contributed by atoms with E-state index in [0.717, 1.165) is 18.9 Å². The highest BCUT2D eigenvalue weighted by molar-refractivity contribution is 5.87. The Hall–Kier alpha value is -0.990. The predicted octanol–water partition coefficient (Wildman–Crippen LogP) is 1.32. The molecule has 0 bridgehead atoms. The van der Waals surface area contributed by atoms with Gasteiger partial charge in [0.05, 0.1) is 0 Å². The molecule has 0 saturated carbocycles. The van der Waals surface area contributed by atoms with E-state index in [-0.39, 0.29) is 5.78 Å². The molecule has 0 N–H and O–H groups in total. The number of carbonyl (C=O) groups excluding carboxylic acids is 1. The smallest absolute Gasteiger partial charge is 0.156 e. The number of allylic oxidation sites excluding steroid dienone is 1. The second-order valence-electron chi connectivity index (χ2n) is 3.18. The summed E-state index contributed by atoms with van der Waals surface area (Å²) in [5.74, 6) is 1.08. The van der Waals surface area contributed by atoms with Crippen molar-refractivity contribution in [2.24, 2.45) is 0 Å². The van der Waals surface area contributed by atoms with Crippen LogP contribution >= 0.6 is 0 Å². The lowest BCUT2D eigenvalue weighted by Gasteiger charge is -2.29. The van der Waals surface area contributed by atoms with Crippen LogP contribution in [0, 0.1) is 0 Å². The molecular weight excluding hydrogens is 164 g/mol. The third-order valence-electron chi connectivity index (χ3n) is 1.88. The number of nitrogens with zero attached hydrogens (tertiary/aromatic N) is 2. The minimum Gasteiger partial charge on any atom is -0.364 e. The van der Waals surface area contributed by atoms with Crippen molar-refractivity contribution < 1.29 is 4.79 Å². The molecule has 0 unspecified atom stereocenters. The predicted molar refractivity (Wildman–Crippen MR) is 55.4 cm³/mol. The zero-order valence-corrected chi connectivity index (χ0v) is 9.29. The largest absolute Gasteiger partial charge is 0.364 e. The molecule has 0 aliphatic rings. The molecule has 0 saturated heterocycles. The third kappa shape index (κ3) is 3.97. The minimum absolute atomic E-state index is 0.0931. The first-order chi connectivity index (χ1) is 6.02. The fourth-order valence-electron chi connectivity index (χ4n) is 1.23. The molecule has 0 aromatic heterocycles. The highest BCUT2D eigenvalue weighted by atomic mass is 16.1. The molecule has 0 aliphatic carbocycles. The molecule has 76 valence electrons. The maximum Gasteiger partial charge on any atom is 0.156 e. The van der Waals surface area contributed by atoms with Gasteiger partial charge in [-0.05, 0) is 20.8 Å². The molecule has 3 nitrogen and oxygen atoms in total. The Morgan fingerprint density at radius 3 is 1.92 bits per heavy atom. The van der Waals surface area contributed by atoms with E-state index >= 15 is 0 Å². The third-order valence-corrected chi connectivity index (χ3v) is 1.88. The van der Waals surface area contributed by atoms with Crippen molar-refractivity contribution in [1.29, 1.82) is 0 Å². The lowest BCUT2D eigenvalue weighted by atomic mass is 10.3. The summed E-state index contributed by atoms with van der Waals surface area (Å²) in [6.07, 6.45) is 1.67. The maximum atomic E-state index is 11.0. The Morgan fingerprint density at radius 2 is 1.69 bits per heavy atom. The van der Waals surface area contributed by atoms with E-state index in [4.69, 9.17) is 0 Å². The van der Waals surface area contributed by atoms with Gasteiger partial charge in [0, 0.05) is 33.3 Å². The Bertz CT molecular complexity index is 193. The summed E-state index contributed by atoms with van der Waals surface area (Å²) in [7, 11) is 3.90. The highest BCUT2D eigenvalue weighted by Gasteiger charge is 2.07. The molecule has 0 aromatic carbocycles. The van der Waals surface area contributed by atoms with E-state index in [9.17, 15) is 4.79 Å². The molecule has 0 aromatic rings. The van der Waals surface area contributed by atoms with Crippen molar-refractivity contribution in [3.05, 3.63) is 11.9 Å². The minimum atomic E-state index is 0.0931. The van der Waals surface area contributed by atoms with Crippen LogP contribution in [0.2, 0.25) is 0 Å². The fraction of sp³-hybridized carbons (Fsp3) is 0.700. The van der Waals surface area contributed by atoms with Gasteiger partial charge in [-0.1, -0.05) is 0 Å². The number of hydrogen-bond donors (Lipinski definition) is 0. The van der Waals surface area contributed by atoms with Crippen LogP contribution in [0.4, 0.5) is 0 Å². The molecular formula is C10H20N2O. The Labute approximate surface area is 81.0 Å². The lowest BCUT2D eigenvalue weighted by molar-refractivity contribution is -0.112. The van der Waals surface area contributed by atoms with Gasteiger partial charge >= 0.3 is 0 Å². The summed E-state index contributed by atoms with van der Waals surface area (Å²) in [5, 5.41) is 0. The van der Waals surface area contributed by atoms with Crippen molar-refractivity contribution in [2.75, 3.05) is 27.2 Å². The second-order valence-corrected chi connectivity index (χ2v) is 3.18. The summed E-state index contributed by atoms with van der Waals surface area (Å²) in [6, 6.07) is 0. The van der Waals surface area contributed by atoms with E-state index in [1.54, 1.807) is 13.0 Å². The van der Waals surface area contributed by atoms with Crippen LogP contribution in [0.25, 0.3) is 0 Å². The van der Waals surface area contributed by atoms with Gasteiger partial charge < -0.3 is 9.80 Å². The van der Waals surface area contributed by atoms with Crippen molar-refractivity contribution in [2.45, 2.75) is 20.8 Å². The monoisotopic (exact) mass is 184 g/mol. The van der Waals surface area contributed by atoms with Crippen LogP contribution in [-0.2, 0) is 4.79 Å². The molecule has 0 spiro atoms. The molecule has 0 atom stereocenters. The summed E-state index contributed by atoms with van der Waals surface area (Å²) in [4.78, 5) is 15.1. The van der Waals surface area contributed by atoms with Gasteiger partial charge in [0.25, 0.3) is 0 Å². The van der Waals surface area contributed by atoms with Crippen molar-refractivity contribution in [1.82, 2.24) is 9.80 Å². The van der Waals surface area contributed by atoms with Crippen LogP contribution in [0.5, 0.6) is 0 Å². The van der Waals surface area contributed by atoms with E-state index in [0.29, 0.717) is 0 Å². The van der Waals surface area contributed by atoms with Crippen molar-refractivity contribution in [3.63, 3.8) is 0 Å². The first kappa shape index (κ1) is 12.0. The van der Waals surface area contributed by atoms with Crippen molar-refractivity contribution >= 4 is 5.78 Å². The second kappa shape index (κ2) is 5.62. The fourth-order valence-corrected chi connectivity index (χ4v) is 1.23. The van der Waals surface area contributed by atoms with Gasteiger partial charge in [0.2, 0.25) is 0 Å². The quantitative estimate of drug-likeness (QED) is 0.602. The van der Waals surface area contributed by atoms with Gasteiger partial charge in [0.15, 0.2) is 5.78 Å². The average Bonchev–Trinajstić information content (AvgIpc) is 2.04. The Morgan fingerprint density at radius 1 is 1.23 bits per heavy atom. The van der Waals surface area contributed by atoms with Crippen LogP contribution < -0.4 is 0 Å². The molecule has 0 rings (SSSR count). The Balaban J connectivity index is 4.68. The van der Waals surface area contributed by atoms with E-state index in [1.807, 2.05) is 19.0 Å². The van der Waals surface area contributed by atoms with Gasteiger partial charge in [-0.3, -0.25) is 4.79 Å². The van der Waals surface area contributed by atoms with Crippen LogP contribution in [-0.4, -0.2) is 42.8 Å². The number of hydrogen-bond acceptors (Lipinski definition) is 3. The molecule has 0 radical (unpaired) electrons. The van der Waals surface area contributed by atoms with E-state index < -0.39 is 0 Å². The van der Waals surface area contributed by atoms with E-state index in [2.05, 4.69) is 18.7 Å². The summed E-state index contributed by atoms with van der Waals surface area (Å²) < 4.78 is 0. The van der Waals surface area contributed by atoms with Gasteiger partial charge in [-0.15, -0.1) is 0 Å². The van der Waals surface area contributed by atoms with Crippen LogP contribution in [0.15, 0.2) is 11.9 Å². The first-order valence-corrected chi connectivity index (χ1v) is 4.67. The van der Waals surface area contributed by atoms with Crippen molar-refractivity contribution in [3.8, 4) is 0 Å². The molecule has 3 heteroatoms. The van der Waals surface area contributed by atoms with Crippen LogP contribution in [0.1, 0.15) is 20.8 Å². The topological polar surface area (TPSA) is 23.6 Å². The maximum absolute atomic E-state index is 11.0. The lowest BCUT2D eigenvalue weighted by Crippen LogP contribution is -2.31. The van der Waals surface area contributed by atoms with Gasteiger partial charge in [0.1, 0.15) is 5.82 Å². The molecule has 13 heavy (non-hydrogen) atoms. The Kier molecular flexibility index (Phi) is 5.19. The molecule has 0 aliphatic heterocycles. The van der Waals surface area contributed by atoms with Gasteiger partial charge in [-0.2, -0.15) is 0 Å². The molecule has 0 heterocycles.